The molecule has 3 rings (SSSR count). The highest BCUT2D eigenvalue weighted by Crippen LogP contribution is 2.21. The standard InChI is InChI=1S/C15H16ClN3O3/c1-10-17-15(18-22-10)13-9-19(6-7-21-13)14(20)8-11-4-2-3-5-12(11)16/h2-5,13H,6-9H2,1H3/t13-/m0/s1. The largest absolute Gasteiger partial charge is 0.366 e. The lowest BCUT2D eigenvalue weighted by Crippen LogP contribution is -2.43. The highest BCUT2D eigenvalue weighted by molar-refractivity contribution is 6.31. The molecular formula is C15H16ClN3O3. The van der Waals surface area contributed by atoms with Crippen molar-refractivity contribution in [2.24, 2.45) is 0 Å². The molecule has 0 radical (unpaired) electrons. The lowest BCUT2D eigenvalue weighted by atomic mass is 10.1. The second-order valence-corrected chi connectivity index (χ2v) is 5.55. The minimum absolute atomic E-state index is 0.0154. The first kappa shape index (κ1) is 15.0. The third kappa shape index (κ3) is 3.28. The summed E-state index contributed by atoms with van der Waals surface area (Å²) in [6.07, 6.45) is -0.0705. The zero-order valence-corrected chi connectivity index (χ0v) is 12.9. The average Bonchev–Trinajstić information content (AvgIpc) is 2.96. The van der Waals surface area contributed by atoms with Gasteiger partial charge in [-0.3, -0.25) is 4.79 Å². The summed E-state index contributed by atoms with van der Waals surface area (Å²) >= 11 is 6.11. The molecule has 2 aromatic rings. The Labute approximate surface area is 133 Å². The molecule has 1 atom stereocenters. The Morgan fingerprint density at radius 2 is 2.27 bits per heavy atom. The van der Waals surface area contributed by atoms with Crippen molar-refractivity contribution in [2.45, 2.75) is 19.4 Å². The molecule has 7 heteroatoms. The molecule has 1 aromatic heterocycles. The smallest absolute Gasteiger partial charge is 0.227 e. The molecule has 22 heavy (non-hydrogen) atoms. The van der Waals surface area contributed by atoms with Gasteiger partial charge in [-0.1, -0.05) is 35.0 Å². The van der Waals surface area contributed by atoms with Crippen molar-refractivity contribution in [1.82, 2.24) is 15.0 Å². The van der Waals surface area contributed by atoms with Crippen LogP contribution in [0, 0.1) is 6.92 Å². The van der Waals surface area contributed by atoms with Gasteiger partial charge in [-0.2, -0.15) is 4.98 Å². The van der Waals surface area contributed by atoms with Crippen molar-refractivity contribution in [3.63, 3.8) is 0 Å². The summed E-state index contributed by atoms with van der Waals surface area (Å²) in [6.45, 7) is 3.14. The number of aromatic nitrogens is 2. The van der Waals surface area contributed by atoms with Gasteiger partial charge in [0.2, 0.25) is 17.6 Å². The minimum atomic E-state index is -0.346. The van der Waals surface area contributed by atoms with E-state index in [4.69, 9.17) is 20.9 Å². The zero-order valence-electron chi connectivity index (χ0n) is 12.2. The second kappa shape index (κ2) is 6.46. The van der Waals surface area contributed by atoms with Crippen molar-refractivity contribution in [2.75, 3.05) is 19.7 Å². The number of rotatable bonds is 3. The Morgan fingerprint density at radius 1 is 1.45 bits per heavy atom. The maximum Gasteiger partial charge on any atom is 0.227 e. The summed E-state index contributed by atoms with van der Waals surface area (Å²) in [6, 6.07) is 7.37. The van der Waals surface area contributed by atoms with Gasteiger partial charge in [0, 0.05) is 18.5 Å². The number of ether oxygens (including phenoxy) is 1. The molecule has 0 unspecified atom stereocenters. The van der Waals surface area contributed by atoms with E-state index in [2.05, 4.69) is 10.1 Å². The van der Waals surface area contributed by atoms with Gasteiger partial charge in [-0.25, -0.2) is 0 Å². The fourth-order valence-electron chi connectivity index (χ4n) is 2.39. The summed E-state index contributed by atoms with van der Waals surface area (Å²) in [5.74, 6) is 0.979. The first-order chi connectivity index (χ1) is 10.6. The summed E-state index contributed by atoms with van der Waals surface area (Å²) in [7, 11) is 0. The molecule has 0 spiro atoms. The summed E-state index contributed by atoms with van der Waals surface area (Å²) in [5, 5.41) is 4.47. The number of aryl methyl sites for hydroxylation is 1. The molecule has 116 valence electrons. The molecule has 0 bridgehead atoms. The molecule has 0 saturated carbocycles. The van der Waals surface area contributed by atoms with Crippen molar-refractivity contribution in [1.29, 1.82) is 0 Å². The van der Waals surface area contributed by atoms with E-state index in [1.54, 1.807) is 17.9 Å². The van der Waals surface area contributed by atoms with Gasteiger partial charge in [0.25, 0.3) is 0 Å². The second-order valence-electron chi connectivity index (χ2n) is 5.14. The number of hydrogen-bond acceptors (Lipinski definition) is 5. The highest BCUT2D eigenvalue weighted by atomic mass is 35.5. The summed E-state index contributed by atoms with van der Waals surface area (Å²) < 4.78 is 10.6. The van der Waals surface area contributed by atoms with E-state index in [-0.39, 0.29) is 18.4 Å². The van der Waals surface area contributed by atoms with Gasteiger partial charge in [-0.15, -0.1) is 0 Å². The maximum atomic E-state index is 12.4. The highest BCUT2D eigenvalue weighted by Gasteiger charge is 2.28. The Kier molecular flexibility index (Phi) is 4.40. The van der Waals surface area contributed by atoms with Crippen LogP contribution >= 0.6 is 11.6 Å². The summed E-state index contributed by atoms with van der Waals surface area (Å²) in [5.41, 5.74) is 0.826. The number of hydrogen-bond donors (Lipinski definition) is 0. The number of morpholine rings is 1. The monoisotopic (exact) mass is 321 g/mol. The number of nitrogens with zero attached hydrogens (tertiary/aromatic N) is 3. The number of carbonyl (C=O) groups excluding carboxylic acids is 1. The third-order valence-electron chi connectivity index (χ3n) is 3.55. The Morgan fingerprint density at radius 3 is 3.00 bits per heavy atom. The first-order valence-corrected chi connectivity index (χ1v) is 7.44. The maximum absolute atomic E-state index is 12.4. The lowest BCUT2D eigenvalue weighted by Gasteiger charge is -2.31. The number of amides is 1. The molecule has 1 aliphatic heterocycles. The van der Waals surface area contributed by atoms with E-state index in [0.29, 0.717) is 36.4 Å². The Balaban J connectivity index is 1.66. The molecule has 2 heterocycles. The minimum Gasteiger partial charge on any atom is -0.366 e. The fourth-order valence-corrected chi connectivity index (χ4v) is 2.60. The molecule has 1 aliphatic rings. The lowest BCUT2D eigenvalue weighted by molar-refractivity contribution is -0.138. The number of benzene rings is 1. The van der Waals surface area contributed by atoms with E-state index < -0.39 is 0 Å². The van der Waals surface area contributed by atoms with E-state index in [1.807, 2.05) is 18.2 Å². The van der Waals surface area contributed by atoms with Gasteiger partial charge in [0.15, 0.2) is 0 Å². The Bertz CT molecular complexity index is 674. The molecule has 1 fully saturated rings. The van der Waals surface area contributed by atoms with Gasteiger partial charge >= 0.3 is 0 Å². The fraction of sp³-hybridized carbons (Fsp3) is 0.400. The molecule has 0 N–H and O–H groups in total. The normalized spacial score (nSPS) is 18.5. The van der Waals surface area contributed by atoms with Gasteiger partial charge in [-0.05, 0) is 11.6 Å². The van der Waals surface area contributed by atoms with Gasteiger partial charge in [0.05, 0.1) is 19.6 Å². The molecule has 1 saturated heterocycles. The first-order valence-electron chi connectivity index (χ1n) is 7.06. The van der Waals surface area contributed by atoms with Gasteiger partial charge < -0.3 is 14.2 Å². The SMILES string of the molecule is Cc1nc([C@@H]2CN(C(=O)Cc3ccccc3Cl)CCO2)no1. The van der Waals surface area contributed by atoms with Crippen LogP contribution in [0.1, 0.15) is 23.4 Å². The molecule has 1 amide bonds. The van der Waals surface area contributed by atoms with Crippen LogP contribution in [0.2, 0.25) is 5.02 Å². The van der Waals surface area contributed by atoms with Crippen LogP contribution in [0.3, 0.4) is 0 Å². The number of carbonyl (C=O) groups is 1. The molecule has 1 aromatic carbocycles. The van der Waals surface area contributed by atoms with Crippen LogP contribution in [0.25, 0.3) is 0 Å². The molecule has 0 aliphatic carbocycles. The Hall–Kier alpha value is -1.92. The van der Waals surface area contributed by atoms with E-state index in [0.717, 1.165) is 5.56 Å². The molecular weight excluding hydrogens is 306 g/mol. The third-order valence-corrected chi connectivity index (χ3v) is 3.92. The van der Waals surface area contributed by atoms with Gasteiger partial charge in [0.1, 0.15) is 6.10 Å². The van der Waals surface area contributed by atoms with Crippen molar-refractivity contribution >= 4 is 17.5 Å². The van der Waals surface area contributed by atoms with Crippen molar-refractivity contribution in [3.05, 3.63) is 46.6 Å². The number of halogens is 1. The van der Waals surface area contributed by atoms with Crippen molar-refractivity contribution in [3.8, 4) is 0 Å². The zero-order chi connectivity index (χ0) is 15.5. The predicted octanol–water partition coefficient (Wildman–Crippen LogP) is 2.17. The van der Waals surface area contributed by atoms with E-state index in [1.165, 1.54) is 0 Å². The predicted molar refractivity (Wildman–Crippen MR) is 79.5 cm³/mol. The van der Waals surface area contributed by atoms with Crippen molar-refractivity contribution < 1.29 is 14.1 Å². The quantitative estimate of drug-likeness (QED) is 0.866. The topological polar surface area (TPSA) is 68.5 Å². The van der Waals surface area contributed by atoms with Crippen LogP contribution in [-0.2, 0) is 16.0 Å². The van der Waals surface area contributed by atoms with E-state index >= 15 is 0 Å². The van der Waals surface area contributed by atoms with Crippen LogP contribution < -0.4 is 0 Å². The summed E-state index contributed by atoms with van der Waals surface area (Å²) in [4.78, 5) is 18.4. The van der Waals surface area contributed by atoms with Crippen LogP contribution in [0.15, 0.2) is 28.8 Å². The molecule has 6 nitrogen and oxygen atoms in total. The van der Waals surface area contributed by atoms with Crippen LogP contribution in [-0.4, -0.2) is 40.6 Å². The van der Waals surface area contributed by atoms with Crippen LogP contribution in [0.4, 0.5) is 0 Å². The van der Waals surface area contributed by atoms with Crippen LogP contribution in [0.5, 0.6) is 0 Å². The average molecular weight is 322 g/mol. The van der Waals surface area contributed by atoms with E-state index in [9.17, 15) is 4.79 Å².